The molecule has 2 heterocycles. The number of ketones is 1. The molecule has 13 heteroatoms. The second kappa shape index (κ2) is 9.59. The van der Waals surface area contributed by atoms with Gasteiger partial charge in [-0.05, 0) is 50.9 Å². The molecule has 0 spiro atoms. The fourth-order valence-electron chi connectivity index (χ4n) is 2.40. The molecule has 1 unspecified atom stereocenters. The van der Waals surface area contributed by atoms with Crippen LogP contribution in [-0.2, 0) is 15.6 Å². The second-order valence-corrected chi connectivity index (χ2v) is 9.21. The predicted molar refractivity (Wildman–Crippen MR) is 107 cm³/mol. The van der Waals surface area contributed by atoms with E-state index in [4.69, 9.17) is 9.15 Å². The van der Waals surface area contributed by atoms with Crippen molar-refractivity contribution in [3.63, 3.8) is 0 Å². The third-order valence-electron chi connectivity index (χ3n) is 3.64. The molecule has 0 radical (unpaired) electrons. The summed E-state index contributed by atoms with van der Waals surface area (Å²) in [7, 11) is -1.15. The van der Waals surface area contributed by atoms with Gasteiger partial charge in [0.05, 0.1) is 15.9 Å². The first kappa shape index (κ1) is 21.6. The first-order valence-corrected chi connectivity index (χ1v) is 11.7. The van der Waals surface area contributed by atoms with Crippen LogP contribution in [0.2, 0.25) is 0 Å². The van der Waals surface area contributed by atoms with Gasteiger partial charge in [-0.25, -0.2) is 18.4 Å². The number of carbonyl (C=O) groups excluding carboxylic acids is 1. The van der Waals surface area contributed by atoms with Gasteiger partial charge in [0.15, 0.2) is 10.7 Å². The molecule has 3 rings (SSSR count). The molecule has 0 saturated heterocycles. The fraction of sp³-hybridized carbons (Fsp3) is 0.312. The van der Waals surface area contributed by atoms with E-state index >= 15 is 0 Å². The highest BCUT2D eigenvalue weighted by Crippen LogP contribution is 2.29. The van der Waals surface area contributed by atoms with E-state index in [2.05, 4.69) is 31.4 Å². The number of Topliss-reactive ketones (excluding diaryl/α,β-unsaturated/α-hetero) is 1. The topological polar surface area (TPSA) is 121 Å². The van der Waals surface area contributed by atoms with Crippen LogP contribution in [0.1, 0.15) is 12.8 Å². The van der Waals surface area contributed by atoms with Crippen LogP contribution < -0.4 is 5.76 Å². The lowest BCUT2D eigenvalue weighted by Crippen LogP contribution is -2.13. The number of carbonyl (C=O) groups is 1. The zero-order valence-corrected chi connectivity index (χ0v) is 18.2. The van der Waals surface area contributed by atoms with Crippen molar-refractivity contribution in [1.82, 2.24) is 20.0 Å². The molecule has 3 aromatic rings. The van der Waals surface area contributed by atoms with Gasteiger partial charge in [-0.15, -0.1) is 11.8 Å². The van der Waals surface area contributed by atoms with Gasteiger partial charge >= 0.3 is 5.76 Å². The third-order valence-corrected chi connectivity index (χ3v) is 6.01. The van der Waals surface area contributed by atoms with E-state index in [1.807, 2.05) is 0 Å². The molecule has 0 aliphatic heterocycles. The molecule has 0 fully saturated rings. The minimum Gasteiger partial charge on any atom is -0.299 e. The summed E-state index contributed by atoms with van der Waals surface area (Å²) in [5.41, 5.74) is 0.499. The van der Waals surface area contributed by atoms with E-state index in [1.54, 1.807) is 0 Å². The van der Waals surface area contributed by atoms with Gasteiger partial charge in [-0.3, -0.25) is 13.5 Å². The first-order valence-electron chi connectivity index (χ1n) is 8.18. The average Bonchev–Trinajstić information content (AvgIpc) is 3.26. The SMILES string of the molecule is CS(=O)CC(=O)CCCSc1nonc1-c1noc(=O)n1-c1ccc(F)c(Br)c1. The largest absolute Gasteiger partial charge is 0.446 e. The van der Waals surface area contributed by atoms with Crippen LogP contribution in [0.3, 0.4) is 0 Å². The van der Waals surface area contributed by atoms with Crippen LogP contribution in [0.5, 0.6) is 0 Å². The van der Waals surface area contributed by atoms with E-state index in [0.29, 0.717) is 29.3 Å². The Morgan fingerprint density at radius 2 is 2.14 bits per heavy atom. The van der Waals surface area contributed by atoms with Crippen LogP contribution in [-0.4, -0.2) is 47.8 Å². The molecule has 29 heavy (non-hydrogen) atoms. The molecule has 0 bridgehead atoms. The summed E-state index contributed by atoms with van der Waals surface area (Å²) in [5, 5.41) is 11.7. The molecule has 0 aliphatic carbocycles. The number of nitrogens with zero attached hydrogens (tertiary/aromatic N) is 4. The molecule has 0 saturated carbocycles. The Morgan fingerprint density at radius 3 is 2.86 bits per heavy atom. The van der Waals surface area contributed by atoms with Crippen molar-refractivity contribution in [3.05, 3.63) is 39.0 Å². The summed E-state index contributed by atoms with van der Waals surface area (Å²) in [5.74, 6) is -0.726. The Bertz CT molecular complexity index is 1110. The number of rotatable bonds is 9. The molecule has 1 atom stereocenters. The lowest BCUT2D eigenvalue weighted by atomic mass is 10.2. The highest BCUT2D eigenvalue weighted by Gasteiger charge is 2.23. The van der Waals surface area contributed by atoms with Gasteiger partial charge in [0, 0.05) is 29.2 Å². The summed E-state index contributed by atoms with van der Waals surface area (Å²) < 4.78 is 35.4. The second-order valence-electron chi connectivity index (χ2n) is 5.83. The van der Waals surface area contributed by atoms with Gasteiger partial charge in [0.2, 0.25) is 5.82 Å². The van der Waals surface area contributed by atoms with Gasteiger partial charge in [-0.1, -0.05) is 5.16 Å². The first-order chi connectivity index (χ1) is 13.9. The Kier molecular flexibility index (Phi) is 7.14. The summed E-state index contributed by atoms with van der Waals surface area (Å²) >= 11 is 4.34. The van der Waals surface area contributed by atoms with Crippen molar-refractivity contribution in [2.75, 3.05) is 17.8 Å². The van der Waals surface area contributed by atoms with Crippen LogP contribution >= 0.6 is 27.7 Å². The lowest BCUT2D eigenvalue weighted by Gasteiger charge is -2.04. The van der Waals surface area contributed by atoms with Crippen molar-refractivity contribution in [2.24, 2.45) is 0 Å². The molecular weight excluding hydrogens is 491 g/mol. The molecule has 0 aliphatic rings. The maximum atomic E-state index is 13.5. The van der Waals surface area contributed by atoms with Crippen molar-refractivity contribution >= 4 is 44.3 Å². The van der Waals surface area contributed by atoms with Crippen molar-refractivity contribution in [3.8, 4) is 17.2 Å². The number of aromatic nitrogens is 4. The van der Waals surface area contributed by atoms with Crippen LogP contribution in [0.4, 0.5) is 4.39 Å². The van der Waals surface area contributed by atoms with Gasteiger partial charge < -0.3 is 0 Å². The minimum atomic E-state index is -1.15. The van der Waals surface area contributed by atoms with Gasteiger partial charge in [0.1, 0.15) is 11.6 Å². The van der Waals surface area contributed by atoms with Gasteiger partial charge in [-0.2, -0.15) is 0 Å². The Balaban J connectivity index is 1.77. The molecule has 154 valence electrons. The monoisotopic (exact) mass is 504 g/mol. The van der Waals surface area contributed by atoms with Crippen LogP contribution in [0.25, 0.3) is 17.2 Å². The minimum absolute atomic E-state index is 0.0415. The molecule has 2 aromatic heterocycles. The van der Waals surface area contributed by atoms with E-state index in [9.17, 15) is 18.2 Å². The fourth-order valence-corrected chi connectivity index (χ4v) is 4.20. The molecule has 0 N–H and O–H groups in total. The highest BCUT2D eigenvalue weighted by atomic mass is 79.9. The Morgan fingerprint density at radius 1 is 1.34 bits per heavy atom. The normalized spacial score (nSPS) is 12.2. The molecular formula is C16H14BrFN4O5S2. The van der Waals surface area contributed by atoms with Crippen molar-refractivity contribution in [1.29, 1.82) is 0 Å². The number of benzene rings is 1. The Labute approximate surface area is 178 Å². The molecule has 1 aromatic carbocycles. The summed E-state index contributed by atoms with van der Waals surface area (Å²) in [6, 6.07) is 3.99. The van der Waals surface area contributed by atoms with E-state index < -0.39 is 22.4 Å². The zero-order valence-electron chi connectivity index (χ0n) is 15.0. The average molecular weight is 505 g/mol. The van der Waals surface area contributed by atoms with Crippen molar-refractivity contribution in [2.45, 2.75) is 17.9 Å². The third kappa shape index (κ3) is 5.28. The number of hydrogen-bond acceptors (Lipinski definition) is 9. The predicted octanol–water partition coefficient (Wildman–Crippen LogP) is 2.60. The standard InChI is InChI=1S/C16H14BrFN4O5S2/c1-29(25)8-10(23)3-2-6-28-15-13(19-27-21-15)14-20-26-16(24)22(14)9-4-5-12(18)11(17)7-9/h4-5,7H,2-3,6,8H2,1H3. The van der Waals surface area contributed by atoms with E-state index in [0.717, 1.165) is 4.57 Å². The number of thioether (sulfide) groups is 1. The van der Waals surface area contributed by atoms with Gasteiger partial charge in [0.25, 0.3) is 0 Å². The summed E-state index contributed by atoms with van der Waals surface area (Å²) in [6.45, 7) is 0. The summed E-state index contributed by atoms with van der Waals surface area (Å²) in [6.07, 6.45) is 2.33. The van der Waals surface area contributed by atoms with Crippen LogP contribution in [0, 0.1) is 5.82 Å². The Hall–Kier alpha value is -2.12. The van der Waals surface area contributed by atoms with Crippen molar-refractivity contribution < 1.29 is 22.5 Å². The number of hydrogen-bond donors (Lipinski definition) is 0. The lowest BCUT2D eigenvalue weighted by molar-refractivity contribution is -0.116. The maximum Gasteiger partial charge on any atom is 0.446 e. The van der Waals surface area contributed by atoms with Crippen LogP contribution in [0.15, 0.2) is 41.6 Å². The zero-order chi connectivity index (χ0) is 21.0. The van der Waals surface area contributed by atoms with E-state index in [1.165, 1.54) is 36.2 Å². The molecule has 9 nitrogen and oxygen atoms in total. The quantitative estimate of drug-likeness (QED) is 0.319. The molecule has 0 amide bonds. The highest BCUT2D eigenvalue weighted by molar-refractivity contribution is 9.10. The summed E-state index contributed by atoms with van der Waals surface area (Å²) in [4.78, 5) is 23.8. The van der Waals surface area contributed by atoms with E-state index in [-0.39, 0.29) is 27.5 Å². The number of halogens is 2. The maximum absolute atomic E-state index is 13.5. The smallest absolute Gasteiger partial charge is 0.299 e.